The fourth-order valence-electron chi connectivity index (χ4n) is 4.34. The molecule has 42 heavy (non-hydrogen) atoms. The van der Waals surface area contributed by atoms with Crippen LogP contribution in [-0.4, -0.2) is 47.8 Å². The van der Waals surface area contributed by atoms with Crippen molar-refractivity contribution in [3.05, 3.63) is 76.8 Å². The number of piperidine rings is 1. The third kappa shape index (κ3) is 7.10. The summed E-state index contributed by atoms with van der Waals surface area (Å²) in [7, 11) is -7.17. The number of anilines is 2. The van der Waals surface area contributed by atoms with Crippen LogP contribution in [-0.2, 0) is 26.2 Å². The number of halogens is 4. The molecular formula is C27H27ClF3N3O6S2. The van der Waals surface area contributed by atoms with E-state index in [1.807, 2.05) is 0 Å². The lowest BCUT2D eigenvalue weighted by atomic mass is 9.98. The van der Waals surface area contributed by atoms with E-state index < -0.39 is 36.8 Å². The number of rotatable bonds is 8. The lowest BCUT2D eigenvalue weighted by Gasteiger charge is -2.30. The van der Waals surface area contributed by atoms with Crippen LogP contribution >= 0.6 is 11.6 Å². The van der Waals surface area contributed by atoms with Gasteiger partial charge in [-0.2, -0.15) is 13.2 Å². The number of ether oxygens (including phenoxy) is 1. The van der Waals surface area contributed by atoms with Gasteiger partial charge >= 0.3 is 6.18 Å². The molecule has 15 heteroatoms. The molecule has 0 saturated carbocycles. The van der Waals surface area contributed by atoms with E-state index in [0.717, 1.165) is 37.1 Å². The number of carbonyl (C=O) groups is 1. The fraction of sp³-hybridized carbons (Fsp3) is 0.296. The number of amides is 1. The van der Waals surface area contributed by atoms with Crippen molar-refractivity contribution >= 4 is 48.9 Å². The summed E-state index contributed by atoms with van der Waals surface area (Å²) in [4.78, 5) is 14.3. The lowest BCUT2D eigenvalue weighted by Crippen LogP contribution is -2.38. The van der Waals surface area contributed by atoms with Crippen molar-refractivity contribution in [2.75, 3.05) is 29.6 Å². The molecule has 0 aliphatic carbocycles. The Morgan fingerprint density at radius 2 is 1.43 bits per heavy atom. The number of hydrogen-bond donors (Lipinski definition) is 2. The van der Waals surface area contributed by atoms with Crippen molar-refractivity contribution in [2.45, 2.75) is 35.7 Å². The van der Waals surface area contributed by atoms with Gasteiger partial charge in [0.05, 0.1) is 33.1 Å². The number of nitrogens with zero attached hydrogens (tertiary/aromatic N) is 1. The predicted molar refractivity (Wildman–Crippen MR) is 152 cm³/mol. The quantitative estimate of drug-likeness (QED) is 0.317. The molecule has 3 aromatic rings. The van der Waals surface area contributed by atoms with Crippen molar-refractivity contribution in [1.29, 1.82) is 0 Å². The minimum absolute atomic E-state index is 0.00788. The second-order valence-electron chi connectivity index (χ2n) is 9.76. The molecule has 0 atom stereocenters. The number of benzene rings is 3. The first-order valence-electron chi connectivity index (χ1n) is 12.6. The number of alkyl halides is 3. The van der Waals surface area contributed by atoms with Gasteiger partial charge in [0.2, 0.25) is 0 Å². The Hall–Kier alpha value is -3.49. The molecule has 0 spiro atoms. The highest BCUT2D eigenvalue weighted by molar-refractivity contribution is 7.93. The molecule has 4 rings (SSSR count). The van der Waals surface area contributed by atoms with Gasteiger partial charge in [-0.1, -0.05) is 18.5 Å². The van der Waals surface area contributed by atoms with Gasteiger partial charge in [0.25, 0.3) is 26.0 Å². The molecule has 3 aromatic carbocycles. The van der Waals surface area contributed by atoms with Crippen LogP contribution < -0.4 is 14.2 Å². The van der Waals surface area contributed by atoms with E-state index in [1.165, 1.54) is 37.4 Å². The minimum Gasteiger partial charge on any atom is -0.496 e. The molecule has 1 heterocycles. The van der Waals surface area contributed by atoms with Gasteiger partial charge in [0.1, 0.15) is 5.75 Å². The average Bonchev–Trinajstić information content (AvgIpc) is 2.93. The lowest BCUT2D eigenvalue weighted by molar-refractivity contribution is -0.137. The smallest absolute Gasteiger partial charge is 0.417 e. The first kappa shape index (κ1) is 31.4. The number of sulfonamides is 2. The van der Waals surface area contributed by atoms with Crippen LogP contribution in [0, 0.1) is 5.92 Å². The number of nitrogens with one attached hydrogen (secondary N) is 2. The molecule has 9 nitrogen and oxygen atoms in total. The number of likely N-dealkylation sites (tertiary alicyclic amines) is 1. The third-order valence-electron chi connectivity index (χ3n) is 6.72. The second-order valence-corrected chi connectivity index (χ2v) is 13.5. The van der Waals surface area contributed by atoms with E-state index in [4.69, 9.17) is 16.3 Å². The first-order valence-corrected chi connectivity index (χ1v) is 15.9. The van der Waals surface area contributed by atoms with E-state index in [9.17, 15) is 34.8 Å². The monoisotopic (exact) mass is 645 g/mol. The van der Waals surface area contributed by atoms with Gasteiger partial charge in [0, 0.05) is 24.5 Å². The normalized spacial score (nSPS) is 14.9. The average molecular weight is 646 g/mol. The van der Waals surface area contributed by atoms with Gasteiger partial charge in [-0.25, -0.2) is 16.8 Å². The van der Waals surface area contributed by atoms with Gasteiger partial charge in [-0.05, 0) is 79.4 Å². The zero-order valence-electron chi connectivity index (χ0n) is 22.4. The standard InChI is InChI=1S/C27H27ClF3N3O6S2/c1-17-11-13-34(14-12-17)26(35)22-16-21(8-10-25(22)40-2)42(38,39)32-18-3-6-20(7-4-18)41(36,37)33-19-5-9-24(28)23(15-19)27(29,30)31/h3-10,15-17,32-33H,11-14H2,1-2H3. The van der Waals surface area contributed by atoms with E-state index in [1.54, 1.807) is 4.90 Å². The number of methoxy groups -OCH3 is 1. The van der Waals surface area contributed by atoms with Crippen LogP contribution in [0.4, 0.5) is 24.5 Å². The summed E-state index contributed by atoms with van der Waals surface area (Å²) in [5.41, 5.74) is -1.46. The maximum absolute atomic E-state index is 13.2. The summed E-state index contributed by atoms with van der Waals surface area (Å²) in [5, 5.41) is -0.587. The Morgan fingerprint density at radius 3 is 2.02 bits per heavy atom. The molecule has 0 bridgehead atoms. The Balaban J connectivity index is 1.52. The predicted octanol–water partition coefficient (Wildman–Crippen LogP) is 5.84. The van der Waals surface area contributed by atoms with Crippen LogP contribution in [0.3, 0.4) is 0 Å². The largest absolute Gasteiger partial charge is 0.496 e. The van der Waals surface area contributed by atoms with E-state index in [0.29, 0.717) is 25.1 Å². The van der Waals surface area contributed by atoms with Crippen molar-refractivity contribution < 1.29 is 39.5 Å². The van der Waals surface area contributed by atoms with Crippen molar-refractivity contribution in [3.8, 4) is 5.75 Å². The summed E-state index contributed by atoms with van der Waals surface area (Å²) in [6.45, 7) is 3.19. The highest BCUT2D eigenvalue weighted by atomic mass is 35.5. The summed E-state index contributed by atoms with van der Waals surface area (Å²) in [6.07, 6.45) is -3.12. The minimum atomic E-state index is -4.79. The van der Waals surface area contributed by atoms with Gasteiger partial charge in [0.15, 0.2) is 0 Å². The number of hydrogen-bond acceptors (Lipinski definition) is 6. The van der Waals surface area contributed by atoms with Gasteiger partial charge in [-0.3, -0.25) is 14.2 Å². The zero-order valence-corrected chi connectivity index (χ0v) is 24.8. The summed E-state index contributed by atoms with van der Waals surface area (Å²) >= 11 is 5.58. The first-order chi connectivity index (χ1) is 19.6. The van der Waals surface area contributed by atoms with E-state index in [2.05, 4.69) is 16.4 Å². The number of carbonyl (C=O) groups excluding carboxylic acids is 1. The molecule has 1 aliphatic heterocycles. The Morgan fingerprint density at radius 1 is 0.881 bits per heavy atom. The Bertz CT molecular complexity index is 1690. The molecule has 0 unspecified atom stereocenters. The zero-order chi connectivity index (χ0) is 30.9. The Labute approximate surface area is 246 Å². The van der Waals surface area contributed by atoms with E-state index >= 15 is 0 Å². The van der Waals surface area contributed by atoms with E-state index in [-0.39, 0.29) is 38.4 Å². The van der Waals surface area contributed by atoms with Crippen LogP contribution in [0.25, 0.3) is 0 Å². The molecule has 0 aromatic heterocycles. The molecule has 2 N–H and O–H groups in total. The maximum Gasteiger partial charge on any atom is 0.417 e. The molecule has 1 amide bonds. The third-order valence-corrected chi connectivity index (χ3v) is 9.83. The summed E-state index contributed by atoms with van der Waals surface area (Å²) in [6, 6.07) is 11.0. The molecule has 1 fully saturated rings. The van der Waals surface area contributed by atoms with Crippen molar-refractivity contribution in [3.63, 3.8) is 0 Å². The van der Waals surface area contributed by atoms with Gasteiger partial charge in [-0.15, -0.1) is 0 Å². The van der Waals surface area contributed by atoms with Crippen molar-refractivity contribution in [2.24, 2.45) is 5.92 Å². The topological polar surface area (TPSA) is 122 Å². The molecule has 1 saturated heterocycles. The molecular weight excluding hydrogens is 619 g/mol. The molecule has 0 radical (unpaired) electrons. The van der Waals surface area contributed by atoms with Gasteiger partial charge < -0.3 is 9.64 Å². The highest BCUT2D eigenvalue weighted by Gasteiger charge is 2.34. The molecule has 226 valence electrons. The molecule has 1 aliphatic rings. The second kappa shape index (κ2) is 12.0. The van der Waals surface area contributed by atoms with Crippen LogP contribution in [0.15, 0.2) is 70.5 Å². The van der Waals surface area contributed by atoms with Crippen LogP contribution in [0.1, 0.15) is 35.7 Å². The highest BCUT2D eigenvalue weighted by Crippen LogP contribution is 2.36. The maximum atomic E-state index is 13.2. The van der Waals surface area contributed by atoms with Crippen LogP contribution in [0.2, 0.25) is 5.02 Å². The van der Waals surface area contributed by atoms with Crippen molar-refractivity contribution in [1.82, 2.24) is 4.90 Å². The SMILES string of the molecule is COc1ccc(S(=O)(=O)Nc2ccc(S(=O)(=O)Nc3ccc(Cl)c(C(F)(F)F)c3)cc2)cc1C(=O)N1CCC(C)CC1. The fourth-order valence-corrected chi connectivity index (χ4v) is 6.70. The van der Waals surface area contributed by atoms with Crippen LogP contribution in [0.5, 0.6) is 5.75 Å². The summed E-state index contributed by atoms with van der Waals surface area (Å²) < 4.78 is 101. The summed E-state index contributed by atoms with van der Waals surface area (Å²) in [5.74, 6) is 0.368. The Kier molecular flexibility index (Phi) is 9.00.